The van der Waals surface area contributed by atoms with Crippen LogP contribution >= 0.6 is 15.9 Å². The molecule has 0 spiro atoms. The predicted octanol–water partition coefficient (Wildman–Crippen LogP) is 3.52. The van der Waals surface area contributed by atoms with E-state index in [-0.39, 0.29) is 12.1 Å². The Labute approximate surface area is 165 Å². The maximum atomic E-state index is 12.2. The van der Waals surface area contributed by atoms with Gasteiger partial charge in [0, 0.05) is 22.9 Å². The second-order valence-corrected chi connectivity index (χ2v) is 8.58. The minimum absolute atomic E-state index is 0.0349. The molecular formula is C19H19BrN4O3. The van der Waals surface area contributed by atoms with Gasteiger partial charge in [-0.3, -0.25) is 4.98 Å². The van der Waals surface area contributed by atoms with Crippen LogP contribution in [0.25, 0.3) is 10.9 Å². The molecule has 0 atom stereocenters. The number of pyridine rings is 1. The van der Waals surface area contributed by atoms with Crippen molar-refractivity contribution in [3.05, 3.63) is 34.7 Å². The van der Waals surface area contributed by atoms with Crippen LogP contribution in [0, 0.1) is 0 Å². The van der Waals surface area contributed by atoms with Gasteiger partial charge in [-0.15, -0.1) is 0 Å². The van der Waals surface area contributed by atoms with E-state index in [2.05, 4.69) is 26.2 Å². The van der Waals surface area contributed by atoms with Crippen LogP contribution in [0.5, 0.6) is 0 Å². The number of amides is 1. The van der Waals surface area contributed by atoms with Crippen molar-refractivity contribution in [2.24, 2.45) is 0 Å². The number of ether oxygens (including phenoxy) is 1. The van der Waals surface area contributed by atoms with Gasteiger partial charge < -0.3 is 19.9 Å². The number of likely N-dealkylation sites (tertiary alicyclic amines) is 1. The molecule has 0 unspecified atom stereocenters. The Balaban J connectivity index is 1.64. The van der Waals surface area contributed by atoms with Crippen LogP contribution in [0.4, 0.5) is 16.2 Å². The molecule has 0 bridgehead atoms. The summed E-state index contributed by atoms with van der Waals surface area (Å²) in [5, 5.41) is 4.01. The first kappa shape index (κ1) is 17.8. The van der Waals surface area contributed by atoms with Crippen molar-refractivity contribution in [1.82, 2.24) is 9.88 Å². The Morgan fingerprint density at radius 3 is 2.78 bits per heavy atom. The van der Waals surface area contributed by atoms with E-state index in [1.54, 1.807) is 11.1 Å². The number of fused-ring (bicyclic) bond motifs is 3. The largest absolute Gasteiger partial charge is 0.444 e. The lowest BCUT2D eigenvalue weighted by Crippen LogP contribution is -2.61. The summed E-state index contributed by atoms with van der Waals surface area (Å²) in [6.45, 7) is 6.46. The number of nitrogens with one attached hydrogen (secondary N) is 1. The SMILES string of the molecule is CC(C)(C)OC(=O)N1CC(N2C(=C=O)Nc3cnc4ccc(Br)cc4c32)C1. The topological polar surface area (TPSA) is 74.8 Å². The Morgan fingerprint density at radius 2 is 2.11 bits per heavy atom. The smallest absolute Gasteiger partial charge is 0.410 e. The third-order valence-electron chi connectivity index (χ3n) is 4.51. The normalized spacial score (nSPS) is 16.7. The molecule has 27 heavy (non-hydrogen) atoms. The van der Waals surface area contributed by atoms with Crippen LogP contribution in [0.1, 0.15) is 20.8 Å². The minimum Gasteiger partial charge on any atom is -0.444 e. The van der Waals surface area contributed by atoms with E-state index in [4.69, 9.17) is 4.74 Å². The zero-order chi connectivity index (χ0) is 19.3. The number of carbonyl (C=O) groups is 1. The second kappa shape index (κ2) is 6.25. The molecule has 140 valence electrons. The number of rotatable bonds is 1. The lowest BCUT2D eigenvalue weighted by molar-refractivity contribution is 0.00875. The van der Waals surface area contributed by atoms with E-state index in [1.165, 1.54) is 0 Å². The molecule has 3 heterocycles. The molecule has 7 nitrogen and oxygen atoms in total. The fourth-order valence-corrected chi connectivity index (χ4v) is 3.70. The number of benzene rings is 1. The predicted molar refractivity (Wildman–Crippen MR) is 106 cm³/mol. The monoisotopic (exact) mass is 430 g/mol. The molecule has 4 rings (SSSR count). The van der Waals surface area contributed by atoms with Gasteiger partial charge in [0.1, 0.15) is 5.60 Å². The first-order valence-electron chi connectivity index (χ1n) is 8.64. The van der Waals surface area contributed by atoms with Crippen LogP contribution in [0.2, 0.25) is 0 Å². The molecule has 2 aromatic rings. The fourth-order valence-electron chi connectivity index (χ4n) is 3.34. The summed E-state index contributed by atoms with van der Waals surface area (Å²) in [4.78, 5) is 31.8. The Kier molecular flexibility index (Phi) is 4.13. The Morgan fingerprint density at radius 1 is 1.37 bits per heavy atom. The number of hydrogen-bond donors (Lipinski definition) is 1. The highest BCUT2D eigenvalue weighted by Gasteiger charge is 2.42. The molecule has 1 aromatic carbocycles. The highest BCUT2D eigenvalue weighted by atomic mass is 79.9. The second-order valence-electron chi connectivity index (χ2n) is 7.67. The summed E-state index contributed by atoms with van der Waals surface area (Å²) in [5.74, 6) is 2.32. The van der Waals surface area contributed by atoms with Gasteiger partial charge in [-0.1, -0.05) is 15.9 Å². The van der Waals surface area contributed by atoms with E-state index in [0.717, 1.165) is 26.8 Å². The first-order chi connectivity index (χ1) is 12.8. The molecule has 2 aliphatic rings. The molecule has 0 radical (unpaired) electrons. The highest BCUT2D eigenvalue weighted by molar-refractivity contribution is 9.10. The molecule has 1 fully saturated rings. The van der Waals surface area contributed by atoms with Crippen molar-refractivity contribution in [1.29, 1.82) is 0 Å². The quantitative estimate of drug-likeness (QED) is 0.697. The molecular weight excluding hydrogens is 412 g/mol. The molecule has 0 saturated carbocycles. The van der Waals surface area contributed by atoms with E-state index in [9.17, 15) is 9.59 Å². The molecule has 1 aromatic heterocycles. The van der Waals surface area contributed by atoms with Crippen molar-refractivity contribution in [2.45, 2.75) is 32.4 Å². The summed E-state index contributed by atoms with van der Waals surface area (Å²) in [7, 11) is 0. The van der Waals surface area contributed by atoms with Gasteiger partial charge in [0.05, 0.1) is 29.1 Å². The molecule has 1 saturated heterocycles. The summed E-state index contributed by atoms with van der Waals surface area (Å²) in [6, 6.07) is 5.80. The van der Waals surface area contributed by atoms with Gasteiger partial charge in [0.2, 0.25) is 0 Å². The van der Waals surface area contributed by atoms with Crippen LogP contribution < -0.4 is 10.2 Å². The van der Waals surface area contributed by atoms with Crippen molar-refractivity contribution < 1.29 is 14.3 Å². The number of anilines is 2. The van der Waals surface area contributed by atoms with E-state index in [0.29, 0.717) is 18.9 Å². The maximum Gasteiger partial charge on any atom is 0.410 e. The first-order valence-corrected chi connectivity index (χ1v) is 9.43. The summed E-state index contributed by atoms with van der Waals surface area (Å²) < 4.78 is 6.34. The summed E-state index contributed by atoms with van der Waals surface area (Å²) >= 11 is 3.50. The lowest BCUT2D eigenvalue weighted by Gasteiger charge is -2.44. The minimum atomic E-state index is -0.536. The Bertz CT molecular complexity index is 988. The number of nitrogens with zero attached hydrogens (tertiary/aromatic N) is 3. The Hall–Kier alpha value is -2.57. The number of carbonyl (C=O) groups excluding carboxylic acids is 2. The van der Waals surface area contributed by atoms with Crippen LogP contribution in [0.15, 0.2) is 34.7 Å². The van der Waals surface area contributed by atoms with Crippen molar-refractivity contribution in [3.8, 4) is 0 Å². The number of aromatic nitrogens is 1. The number of halogens is 1. The van der Waals surface area contributed by atoms with E-state index >= 15 is 0 Å². The van der Waals surface area contributed by atoms with Gasteiger partial charge in [0.15, 0.2) is 11.8 Å². The number of hydrogen-bond acceptors (Lipinski definition) is 6. The standard InChI is InChI=1S/C19H19BrN4O3/c1-19(2,3)27-18(26)23-8-12(9-23)24-16(10-25)22-15-7-21-14-5-4-11(20)6-13(14)17(15)24/h4-7,12,22H,8-9H2,1-3H3. The van der Waals surface area contributed by atoms with Crippen molar-refractivity contribution in [2.75, 3.05) is 23.3 Å². The van der Waals surface area contributed by atoms with Gasteiger partial charge in [-0.25, -0.2) is 9.59 Å². The molecule has 2 aliphatic heterocycles. The highest BCUT2D eigenvalue weighted by Crippen LogP contribution is 2.43. The van der Waals surface area contributed by atoms with Gasteiger partial charge in [0.25, 0.3) is 0 Å². The average Bonchev–Trinajstić information content (AvgIpc) is 2.90. The lowest BCUT2D eigenvalue weighted by atomic mass is 10.1. The van der Waals surface area contributed by atoms with Crippen LogP contribution in [-0.4, -0.2) is 46.7 Å². The molecule has 8 heteroatoms. The third kappa shape index (κ3) is 3.15. The van der Waals surface area contributed by atoms with Crippen molar-refractivity contribution >= 4 is 50.2 Å². The third-order valence-corrected chi connectivity index (χ3v) is 5.01. The van der Waals surface area contributed by atoms with Crippen LogP contribution in [-0.2, 0) is 9.53 Å². The molecule has 0 aliphatic carbocycles. The zero-order valence-electron chi connectivity index (χ0n) is 15.2. The van der Waals surface area contributed by atoms with Crippen molar-refractivity contribution in [3.63, 3.8) is 0 Å². The molecule has 1 N–H and O–H groups in total. The van der Waals surface area contributed by atoms with Gasteiger partial charge in [-0.2, -0.15) is 0 Å². The van der Waals surface area contributed by atoms with E-state index < -0.39 is 5.60 Å². The zero-order valence-corrected chi connectivity index (χ0v) is 16.8. The van der Waals surface area contributed by atoms with Gasteiger partial charge in [-0.05, 0) is 39.0 Å². The van der Waals surface area contributed by atoms with E-state index in [1.807, 2.05) is 49.8 Å². The fraction of sp³-hybridized carbons (Fsp3) is 0.368. The maximum absolute atomic E-state index is 12.2. The van der Waals surface area contributed by atoms with Gasteiger partial charge >= 0.3 is 6.09 Å². The molecule has 1 amide bonds. The average molecular weight is 431 g/mol. The van der Waals surface area contributed by atoms with Crippen LogP contribution in [0.3, 0.4) is 0 Å². The summed E-state index contributed by atoms with van der Waals surface area (Å²) in [6.07, 6.45) is 1.37. The summed E-state index contributed by atoms with van der Waals surface area (Å²) in [5.41, 5.74) is 1.94.